The van der Waals surface area contributed by atoms with Crippen LogP contribution in [0.3, 0.4) is 0 Å². The van der Waals surface area contributed by atoms with Crippen LogP contribution in [0.4, 0.5) is 5.69 Å². The molecule has 0 bridgehead atoms. The topological polar surface area (TPSA) is 49.4 Å². The second-order valence-corrected chi connectivity index (χ2v) is 6.40. The molecule has 0 unspecified atom stereocenters. The summed E-state index contributed by atoms with van der Waals surface area (Å²) >= 11 is 0. The summed E-state index contributed by atoms with van der Waals surface area (Å²) in [4.78, 5) is 25.8. The van der Waals surface area contributed by atoms with Gasteiger partial charge in [0.1, 0.15) is 0 Å². The van der Waals surface area contributed by atoms with Gasteiger partial charge in [-0.2, -0.15) is 0 Å². The largest absolute Gasteiger partial charge is 0.336 e. The van der Waals surface area contributed by atoms with E-state index in [-0.39, 0.29) is 18.4 Å². The van der Waals surface area contributed by atoms with E-state index in [9.17, 15) is 9.59 Å². The molecule has 0 radical (unpaired) electrons. The number of benzene rings is 1. The number of nitrogens with one attached hydrogen (secondary N) is 1. The maximum Gasteiger partial charge on any atom is 0.243 e. The quantitative estimate of drug-likeness (QED) is 0.907. The molecule has 0 heterocycles. The lowest BCUT2D eigenvalue weighted by molar-refractivity contribution is -0.134. The fourth-order valence-electron chi connectivity index (χ4n) is 3.00. The summed E-state index contributed by atoms with van der Waals surface area (Å²) in [6.07, 6.45) is 5.33. The van der Waals surface area contributed by atoms with E-state index < -0.39 is 0 Å². The van der Waals surface area contributed by atoms with Gasteiger partial charge in [0.2, 0.25) is 11.8 Å². The third-order valence-electron chi connectivity index (χ3n) is 4.62. The molecule has 0 aliphatic heterocycles. The Morgan fingerprint density at radius 1 is 1.23 bits per heavy atom. The van der Waals surface area contributed by atoms with E-state index in [0.29, 0.717) is 12.3 Å². The Labute approximate surface area is 132 Å². The van der Waals surface area contributed by atoms with Gasteiger partial charge in [-0.15, -0.1) is 0 Å². The van der Waals surface area contributed by atoms with Crippen LogP contribution in [-0.4, -0.2) is 30.3 Å². The molecule has 1 fully saturated rings. The van der Waals surface area contributed by atoms with Gasteiger partial charge in [-0.1, -0.05) is 25.0 Å². The second-order valence-electron chi connectivity index (χ2n) is 6.40. The molecule has 1 aliphatic carbocycles. The Hall–Kier alpha value is -1.84. The van der Waals surface area contributed by atoms with Crippen LogP contribution in [0.1, 0.15) is 43.2 Å². The van der Waals surface area contributed by atoms with Crippen LogP contribution in [0.15, 0.2) is 18.2 Å². The average molecular weight is 302 g/mol. The molecule has 0 saturated heterocycles. The summed E-state index contributed by atoms with van der Waals surface area (Å²) in [6.45, 7) is 4.11. The minimum Gasteiger partial charge on any atom is -0.336 e. The van der Waals surface area contributed by atoms with Crippen LogP contribution in [0.2, 0.25) is 0 Å². The second kappa shape index (κ2) is 7.43. The van der Waals surface area contributed by atoms with E-state index in [1.807, 2.05) is 32.0 Å². The Morgan fingerprint density at radius 2 is 1.91 bits per heavy atom. The molecule has 1 saturated carbocycles. The van der Waals surface area contributed by atoms with E-state index in [1.165, 1.54) is 12.8 Å². The van der Waals surface area contributed by atoms with Crippen molar-refractivity contribution >= 4 is 17.5 Å². The van der Waals surface area contributed by atoms with Crippen molar-refractivity contribution in [3.8, 4) is 0 Å². The number of likely N-dealkylation sites (N-methyl/N-ethyl adjacent to an activating group) is 1. The van der Waals surface area contributed by atoms with E-state index in [1.54, 1.807) is 11.9 Å². The lowest BCUT2D eigenvalue weighted by Crippen LogP contribution is -2.35. The first kappa shape index (κ1) is 16.5. The van der Waals surface area contributed by atoms with Crippen molar-refractivity contribution in [2.24, 2.45) is 5.92 Å². The monoisotopic (exact) mass is 302 g/mol. The third-order valence-corrected chi connectivity index (χ3v) is 4.62. The highest BCUT2D eigenvalue weighted by Gasteiger charge is 2.21. The fraction of sp³-hybridized carbons (Fsp3) is 0.556. The predicted molar refractivity (Wildman–Crippen MR) is 88.8 cm³/mol. The zero-order chi connectivity index (χ0) is 16.1. The van der Waals surface area contributed by atoms with Crippen molar-refractivity contribution in [1.82, 2.24) is 4.90 Å². The van der Waals surface area contributed by atoms with E-state index >= 15 is 0 Å². The first-order valence-electron chi connectivity index (χ1n) is 8.07. The summed E-state index contributed by atoms with van der Waals surface area (Å²) in [5.74, 6) is 0.441. The van der Waals surface area contributed by atoms with E-state index in [0.717, 1.165) is 29.7 Å². The van der Waals surface area contributed by atoms with Gasteiger partial charge in [0.25, 0.3) is 0 Å². The normalized spacial score (nSPS) is 14.9. The molecule has 0 spiro atoms. The molecule has 1 aliphatic rings. The smallest absolute Gasteiger partial charge is 0.243 e. The molecule has 22 heavy (non-hydrogen) atoms. The summed E-state index contributed by atoms with van der Waals surface area (Å²) < 4.78 is 0. The number of rotatable bonds is 5. The zero-order valence-corrected chi connectivity index (χ0v) is 13.8. The predicted octanol–water partition coefficient (Wildman–Crippen LogP) is 3.28. The number of anilines is 1. The standard InChI is InChI=1S/C18H26N2O2/c1-13-7-6-10-16(14(13)2)19-17(21)12-20(3)18(22)11-15-8-4-5-9-15/h6-7,10,15H,4-5,8-9,11-12H2,1-3H3,(H,19,21). The van der Waals surface area contributed by atoms with E-state index in [2.05, 4.69) is 5.32 Å². The highest BCUT2D eigenvalue weighted by Crippen LogP contribution is 2.27. The fourth-order valence-corrected chi connectivity index (χ4v) is 3.00. The van der Waals surface area contributed by atoms with Crippen molar-refractivity contribution in [2.75, 3.05) is 18.9 Å². The van der Waals surface area contributed by atoms with Crippen LogP contribution in [0.5, 0.6) is 0 Å². The summed E-state index contributed by atoms with van der Waals surface area (Å²) in [7, 11) is 1.71. The maximum absolute atomic E-state index is 12.2. The van der Waals surface area contributed by atoms with Gasteiger partial charge >= 0.3 is 0 Å². The molecule has 2 rings (SSSR count). The first-order valence-corrected chi connectivity index (χ1v) is 8.07. The minimum atomic E-state index is -0.143. The van der Waals surface area contributed by atoms with Gasteiger partial charge < -0.3 is 10.2 Å². The van der Waals surface area contributed by atoms with Crippen LogP contribution in [0.25, 0.3) is 0 Å². The number of carbonyl (C=O) groups is 2. The highest BCUT2D eigenvalue weighted by atomic mass is 16.2. The van der Waals surface area contributed by atoms with Gasteiger partial charge in [-0.25, -0.2) is 0 Å². The number of aryl methyl sites for hydroxylation is 1. The van der Waals surface area contributed by atoms with Crippen LogP contribution in [-0.2, 0) is 9.59 Å². The number of nitrogens with zero attached hydrogens (tertiary/aromatic N) is 1. The third kappa shape index (κ3) is 4.33. The average Bonchev–Trinajstić information content (AvgIpc) is 2.96. The van der Waals surface area contributed by atoms with Crippen molar-refractivity contribution in [2.45, 2.75) is 46.0 Å². The van der Waals surface area contributed by atoms with Crippen molar-refractivity contribution in [1.29, 1.82) is 0 Å². The van der Waals surface area contributed by atoms with Gasteiger partial charge in [0, 0.05) is 19.2 Å². The van der Waals surface area contributed by atoms with E-state index in [4.69, 9.17) is 0 Å². The molecule has 0 atom stereocenters. The summed E-state index contributed by atoms with van der Waals surface area (Å²) in [6, 6.07) is 5.83. The lowest BCUT2D eigenvalue weighted by atomic mass is 10.0. The maximum atomic E-state index is 12.2. The minimum absolute atomic E-state index is 0.0722. The Bertz CT molecular complexity index is 548. The number of amides is 2. The highest BCUT2D eigenvalue weighted by molar-refractivity contribution is 5.95. The van der Waals surface area contributed by atoms with Crippen LogP contribution in [0, 0.1) is 19.8 Å². The number of hydrogen-bond donors (Lipinski definition) is 1. The van der Waals surface area contributed by atoms with Gasteiger partial charge in [0.15, 0.2) is 0 Å². The molecular weight excluding hydrogens is 276 g/mol. The SMILES string of the molecule is Cc1cccc(NC(=O)CN(C)C(=O)CC2CCCC2)c1C. The molecule has 1 aromatic rings. The Kier molecular flexibility index (Phi) is 5.58. The molecule has 4 heteroatoms. The molecule has 2 amide bonds. The molecule has 1 aromatic carbocycles. The summed E-state index contributed by atoms with van der Waals surface area (Å²) in [5.41, 5.74) is 3.03. The van der Waals surface area contributed by atoms with Gasteiger partial charge in [-0.3, -0.25) is 9.59 Å². The van der Waals surface area contributed by atoms with Crippen molar-refractivity contribution < 1.29 is 9.59 Å². The Morgan fingerprint density at radius 3 is 2.59 bits per heavy atom. The van der Waals surface area contributed by atoms with Crippen molar-refractivity contribution in [3.63, 3.8) is 0 Å². The number of hydrogen-bond acceptors (Lipinski definition) is 2. The van der Waals surface area contributed by atoms with Gasteiger partial charge in [0.05, 0.1) is 6.54 Å². The van der Waals surface area contributed by atoms with Gasteiger partial charge in [-0.05, 0) is 49.8 Å². The molecule has 120 valence electrons. The molecule has 0 aromatic heterocycles. The van der Waals surface area contributed by atoms with Crippen LogP contribution >= 0.6 is 0 Å². The Balaban J connectivity index is 1.85. The summed E-state index contributed by atoms with van der Waals surface area (Å²) in [5, 5.41) is 2.90. The van der Waals surface area contributed by atoms with Crippen LogP contribution < -0.4 is 5.32 Å². The lowest BCUT2D eigenvalue weighted by Gasteiger charge is -2.19. The van der Waals surface area contributed by atoms with Crippen molar-refractivity contribution in [3.05, 3.63) is 29.3 Å². The molecule has 4 nitrogen and oxygen atoms in total. The molecule has 1 N–H and O–H groups in total. The zero-order valence-electron chi connectivity index (χ0n) is 13.8. The molecular formula is C18H26N2O2. The first-order chi connectivity index (χ1) is 10.5. The number of carbonyl (C=O) groups excluding carboxylic acids is 2.